The Morgan fingerprint density at radius 1 is 0.651 bits per heavy atom. The van der Waals surface area contributed by atoms with Crippen molar-refractivity contribution < 1.29 is 4.42 Å². The lowest BCUT2D eigenvalue weighted by molar-refractivity contribution is 0.511. The number of furan rings is 1. The molecule has 1 aliphatic carbocycles. The minimum Gasteiger partial charge on any atom is -0.458 e. The molecule has 0 amide bonds. The van der Waals surface area contributed by atoms with Gasteiger partial charge in [-0.15, -0.1) is 0 Å². The molecule has 3 heterocycles. The second kappa shape index (κ2) is 9.27. The Kier molecular flexibility index (Phi) is 5.20. The molecule has 4 nitrogen and oxygen atoms in total. The molecule has 0 spiro atoms. The van der Waals surface area contributed by atoms with Gasteiger partial charge in [-0.3, -0.25) is 0 Å². The third-order valence-corrected chi connectivity index (χ3v) is 8.71. The van der Waals surface area contributed by atoms with E-state index in [0.29, 0.717) is 0 Å². The smallest absolute Gasteiger partial charge is 0.160 e. The molecule has 0 fully saturated rings. The SMILES string of the molecule is CC1C=C(c2nc(-c3ccccc3)c3ccccc3n2)c2c(oc3c(-n4c5ccccc5c5ccccc54)cccc23)C1. The average molecular weight is 554 g/mol. The molecule has 0 bridgehead atoms. The summed E-state index contributed by atoms with van der Waals surface area (Å²) in [6, 6.07) is 42.4. The van der Waals surface area contributed by atoms with Gasteiger partial charge in [0.05, 0.1) is 27.9 Å². The molecular formula is C39H27N3O. The number of aromatic nitrogens is 3. The van der Waals surface area contributed by atoms with Crippen molar-refractivity contribution in [1.29, 1.82) is 0 Å². The lowest BCUT2D eigenvalue weighted by Crippen LogP contribution is -2.09. The third-order valence-electron chi connectivity index (χ3n) is 8.71. The first-order valence-electron chi connectivity index (χ1n) is 14.8. The molecule has 0 N–H and O–H groups in total. The van der Waals surface area contributed by atoms with E-state index in [1.54, 1.807) is 0 Å². The molecule has 204 valence electrons. The summed E-state index contributed by atoms with van der Waals surface area (Å²) in [6.45, 7) is 2.24. The highest BCUT2D eigenvalue weighted by atomic mass is 16.3. The predicted molar refractivity (Wildman–Crippen MR) is 175 cm³/mol. The summed E-state index contributed by atoms with van der Waals surface area (Å²) >= 11 is 0. The van der Waals surface area contributed by atoms with Crippen molar-refractivity contribution >= 4 is 49.3 Å². The Morgan fingerprint density at radius 3 is 2.07 bits per heavy atom. The van der Waals surface area contributed by atoms with E-state index < -0.39 is 0 Å². The average Bonchev–Trinajstić information content (AvgIpc) is 3.60. The van der Waals surface area contributed by atoms with Gasteiger partial charge >= 0.3 is 0 Å². The Bertz CT molecular complexity index is 2340. The summed E-state index contributed by atoms with van der Waals surface area (Å²) < 4.78 is 9.19. The molecule has 3 aromatic heterocycles. The lowest BCUT2D eigenvalue weighted by atomic mass is 9.88. The quantitative estimate of drug-likeness (QED) is 0.219. The molecule has 1 aliphatic rings. The van der Waals surface area contributed by atoms with E-state index in [-0.39, 0.29) is 5.92 Å². The van der Waals surface area contributed by atoms with Crippen molar-refractivity contribution in [3.8, 4) is 16.9 Å². The zero-order valence-corrected chi connectivity index (χ0v) is 23.7. The van der Waals surface area contributed by atoms with Crippen LogP contribution in [-0.2, 0) is 6.42 Å². The van der Waals surface area contributed by atoms with E-state index in [9.17, 15) is 0 Å². The Hall–Kier alpha value is -5.48. The Labute approximate surface area is 248 Å². The van der Waals surface area contributed by atoms with Crippen LogP contribution >= 0.6 is 0 Å². The van der Waals surface area contributed by atoms with Gasteiger partial charge in [-0.25, -0.2) is 9.97 Å². The molecular weight excluding hydrogens is 526 g/mol. The van der Waals surface area contributed by atoms with Gasteiger partial charge in [0, 0.05) is 44.7 Å². The van der Waals surface area contributed by atoms with Crippen LogP contribution in [0.4, 0.5) is 0 Å². The van der Waals surface area contributed by atoms with Crippen molar-refractivity contribution in [2.45, 2.75) is 13.3 Å². The van der Waals surface area contributed by atoms with Gasteiger partial charge in [0.1, 0.15) is 5.76 Å². The zero-order chi connectivity index (χ0) is 28.5. The Morgan fingerprint density at radius 2 is 1.30 bits per heavy atom. The van der Waals surface area contributed by atoms with E-state index in [0.717, 1.165) is 68.0 Å². The predicted octanol–water partition coefficient (Wildman–Crippen LogP) is 9.76. The maximum Gasteiger partial charge on any atom is 0.160 e. The van der Waals surface area contributed by atoms with Crippen LogP contribution in [0.3, 0.4) is 0 Å². The molecule has 4 heteroatoms. The fraction of sp³-hybridized carbons (Fsp3) is 0.0769. The molecule has 1 atom stereocenters. The number of rotatable bonds is 3. The molecule has 43 heavy (non-hydrogen) atoms. The van der Waals surface area contributed by atoms with Crippen LogP contribution in [0.15, 0.2) is 132 Å². The summed E-state index contributed by atoms with van der Waals surface area (Å²) in [5.74, 6) is 2.01. The fourth-order valence-electron chi connectivity index (χ4n) is 6.87. The second-order valence-electron chi connectivity index (χ2n) is 11.5. The van der Waals surface area contributed by atoms with Gasteiger partial charge in [0.15, 0.2) is 11.4 Å². The minimum absolute atomic E-state index is 0.287. The molecule has 9 rings (SSSR count). The van der Waals surface area contributed by atoms with Crippen LogP contribution < -0.4 is 0 Å². The van der Waals surface area contributed by atoms with Gasteiger partial charge in [0.25, 0.3) is 0 Å². The molecule has 0 saturated carbocycles. The molecule has 0 saturated heterocycles. The summed E-state index contributed by atoms with van der Waals surface area (Å²) in [4.78, 5) is 10.4. The number of hydrogen-bond acceptors (Lipinski definition) is 3. The zero-order valence-electron chi connectivity index (χ0n) is 23.7. The van der Waals surface area contributed by atoms with Crippen LogP contribution in [0.5, 0.6) is 0 Å². The maximum atomic E-state index is 6.85. The van der Waals surface area contributed by atoms with Crippen molar-refractivity contribution in [2.24, 2.45) is 5.92 Å². The van der Waals surface area contributed by atoms with Crippen LogP contribution in [0, 0.1) is 5.92 Å². The fourth-order valence-corrected chi connectivity index (χ4v) is 6.87. The van der Waals surface area contributed by atoms with Gasteiger partial charge in [-0.1, -0.05) is 110 Å². The number of fused-ring (bicyclic) bond motifs is 7. The summed E-state index contributed by atoms with van der Waals surface area (Å²) in [7, 11) is 0. The van der Waals surface area contributed by atoms with Crippen LogP contribution in [0.2, 0.25) is 0 Å². The molecule has 0 aliphatic heterocycles. The first-order valence-corrected chi connectivity index (χ1v) is 14.8. The van der Waals surface area contributed by atoms with E-state index in [4.69, 9.17) is 14.4 Å². The van der Waals surface area contributed by atoms with Gasteiger partial charge in [0.2, 0.25) is 0 Å². The van der Waals surface area contributed by atoms with Crippen LogP contribution in [0.25, 0.3) is 66.2 Å². The van der Waals surface area contributed by atoms with Crippen molar-refractivity contribution in [3.63, 3.8) is 0 Å². The van der Waals surface area contributed by atoms with Crippen LogP contribution in [-0.4, -0.2) is 14.5 Å². The van der Waals surface area contributed by atoms with E-state index >= 15 is 0 Å². The van der Waals surface area contributed by atoms with Gasteiger partial charge in [-0.05, 0) is 30.2 Å². The standard InChI is InChI=1S/C39H27N3O/c1-24-22-30(39-40-31-18-8-5-16-28(31)37(41-39)25-12-3-2-4-13-25)36-29-17-11-21-34(38(29)43-35(36)23-24)42-32-19-9-6-14-26(32)27-15-7-10-20-33(27)42/h2-22,24H,23H2,1H3. The second-order valence-corrected chi connectivity index (χ2v) is 11.5. The first kappa shape index (κ1) is 24.2. The number of nitrogens with zero attached hydrogens (tertiary/aromatic N) is 3. The van der Waals surface area contributed by atoms with Crippen LogP contribution in [0.1, 0.15) is 24.1 Å². The monoisotopic (exact) mass is 553 g/mol. The van der Waals surface area contributed by atoms with E-state index in [1.807, 2.05) is 12.1 Å². The topological polar surface area (TPSA) is 43.9 Å². The summed E-state index contributed by atoms with van der Waals surface area (Å²) in [5, 5.41) is 4.61. The molecule has 0 radical (unpaired) electrons. The first-order chi connectivity index (χ1) is 21.2. The lowest BCUT2D eigenvalue weighted by Gasteiger charge is -2.18. The summed E-state index contributed by atoms with van der Waals surface area (Å²) in [6.07, 6.45) is 3.16. The van der Waals surface area contributed by atoms with Crippen molar-refractivity contribution in [3.05, 3.63) is 145 Å². The largest absolute Gasteiger partial charge is 0.458 e. The normalized spacial score (nSPS) is 14.9. The highest BCUT2D eigenvalue weighted by Gasteiger charge is 2.29. The number of para-hydroxylation sites is 4. The van der Waals surface area contributed by atoms with Gasteiger partial charge < -0.3 is 8.98 Å². The highest BCUT2D eigenvalue weighted by Crippen LogP contribution is 2.43. The minimum atomic E-state index is 0.287. The molecule has 8 aromatic rings. The Balaban J connectivity index is 1.31. The molecule has 5 aromatic carbocycles. The molecule has 1 unspecified atom stereocenters. The van der Waals surface area contributed by atoms with Crippen molar-refractivity contribution in [1.82, 2.24) is 14.5 Å². The van der Waals surface area contributed by atoms with Gasteiger partial charge in [-0.2, -0.15) is 0 Å². The maximum absolute atomic E-state index is 6.85. The number of hydrogen-bond donors (Lipinski definition) is 0. The van der Waals surface area contributed by atoms with Crippen molar-refractivity contribution in [2.75, 3.05) is 0 Å². The summed E-state index contributed by atoms with van der Waals surface area (Å²) in [5.41, 5.74) is 9.37. The highest BCUT2D eigenvalue weighted by molar-refractivity contribution is 6.11. The van der Waals surface area contributed by atoms with E-state index in [1.165, 1.54) is 21.8 Å². The van der Waals surface area contributed by atoms with E-state index in [2.05, 4.69) is 127 Å². The number of allylic oxidation sites excluding steroid dienone is 1. The number of benzene rings is 5. The third kappa shape index (κ3) is 3.63.